The van der Waals surface area contributed by atoms with Crippen molar-refractivity contribution in [2.45, 2.75) is 0 Å². The van der Waals surface area contributed by atoms with E-state index in [0.29, 0.717) is 23.3 Å². The molecule has 0 aromatic carbocycles. The Morgan fingerprint density at radius 3 is 2.48 bits per heavy atom. The summed E-state index contributed by atoms with van der Waals surface area (Å²) >= 11 is 0. The first kappa shape index (κ1) is 12.6. The number of aromatic nitrogens is 8. The first-order chi connectivity index (χ1) is 12.3. The second-order valence-electron chi connectivity index (χ2n) is 5.79. The molecule has 6 bridgehead atoms. The highest BCUT2D eigenvalue weighted by Gasteiger charge is 2.08. The highest BCUT2D eigenvalue weighted by Crippen LogP contribution is 2.12. The van der Waals surface area contributed by atoms with Gasteiger partial charge in [-0.3, -0.25) is 8.80 Å². The van der Waals surface area contributed by atoms with Crippen LogP contribution in [0.4, 0.5) is 0 Å². The van der Waals surface area contributed by atoms with Gasteiger partial charge < -0.3 is 4.98 Å². The molecule has 0 aliphatic carbocycles. The lowest BCUT2D eigenvalue weighted by atomic mass is 10.5. The summed E-state index contributed by atoms with van der Waals surface area (Å²) in [5, 5.41) is 0. The normalized spacial score (nSPS) is 13.3. The second kappa shape index (κ2) is 4.38. The maximum absolute atomic E-state index is 4.66. The molecule has 118 valence electrons. The van der Waals surface area contributed by atoms with E-state index in [9.17, 15) is 0 Å². The fraction of sp³-hybridized carbons (Fsp3) is 0. The lowest BCUT2D eigenvalue weighted by molar-refractivity contribution is -0.489. The number of rotatable bonds is 0. The van der Waals surface area contributed by atoms with Crippen LogP contribution in [0, 0.1) is 0 Å². The van der Waals surface area contributed by atoms with E-state index in [-0.39, 0.29) is 0 Å². The van der Waals surface area contributed by atoms with Crippen molar-refractivity contribution in [3.8, 4) is 0 Å². The van der Waals surface area contributed by atoms with Gasteiger partial charge in [0.15, 0.2) is 11.6 Å². The van der Waals surface area contributed by atoms with Crippen LogP contribution in [0.2, 0.25) is 0 Å². The second-order valence-corrected chi connectivity index (χ2v) is 5.79. The van der Waals surface area contributed by atoms with Crippen molar-refractivity contribution in [3.63, 3.8) is 0 Å². The van der Waals surface area contributed by atoms with Gasteiger partial charge in [0, 0.05) is 0 Å². The summed E-state index contributed by atoms with van der Waals surface area (Å²) in [7, 11) is 0. The average Bonchev–Trinajstić information content (AvgIpc) is 3.37. The fourth-order valence-electron chi connectivity index (χ4n) is 3.02. The summed E-state index contributed by atoms with van der Waals surface area (Å²) in [6, 6.07) is 7.73. The topological polar surface area (TPSA) is 90.0 Å². The Kier molecular flexibility index (Phi) is 2.21. The Balaban J connectivity index is 1.85. The number of hydrogen-bond donors (Lipinski definition) is 1. The van der Waals surface area contributed by atoms with Gasteiger partial charge in [-0.2, -0.15) is 0 Å². The van der Waals surface area contributed by atoms with Crippen LogP contribution >= 0.6 is 0 Å². The van der Waals surface area contributed by atoms with E-state index in [4.69, 9.17) is 0 Å². The molecule has 6 rings (SSSR count). The Hall–Kier alpha value is -3.81. The van der Waals surface area contributed by atoms with Gasteiger partial charge in [0.1, 0.15) is 34.2 Å². The van der Waals surface area contributed by atoms with Crippen LogP contribution in [0.1, 0.15) is 23.3 Å². The number of H-pyrrole nitrogens is 1. The van der Waals surface area contributed by atoms with E-state index in [2.05, 4.69) is 29.9 Å². The van der Waals surface area contributed by atoms with Crippen molar-refractivity contribution >= 4 is 46.9 Å². The molecule has 0 unspecified atom stereocenters. The lowest BCUT2D eigenvalue weighted by Crippen LogP contribution is -2.24. The zero-order valence-electron chi connectivity index (χ0n) is 12.8. The van der Waals surface area contributed by atoms with Gasteiger partial charge >= 0.3 is 0 Å². The highest BCUT2D eigenvalue weighted by molar-refractivity contribution is 5.70. The number of fused-ring (bicyclic) bond motifs is 4. The van der Waals surface area contributed by atoms with Crippen molar-refractivity contribution in [1.29, 1.82) is 0 Å². The summed E-state index contributed by atoms with van der Waals surface area (Å²) in [5.74, 6) is 2.66. The van der Waals surface area contributed by atoms with Gasteiger partial charge in [-0.15, -0.1) is 0 Å². The zero-order chi connectivity index (χ0) is 16.4. The molecule has 0 atom stereocenters. The van der Waals surface area contributed by atoms with Crippen LogP contribution in [0.5, 0.6) is 0 Å². The van der Waals surface area contributed by atoms with Gasteiger partial charge in [0.2, 0.25) is 0 Å². The number of nitrogens with one attached hydrogen (secondary N) is 1. The third-order valence-corrected chi connectivity index (χ3v) is 4.18. The van der Waals surface area contributed by atoms with E-state index < -0.39 is 0 Å². The maximum Gasteiger partial charge on any atom is 0.156 e. The summed E-state index contributed by atoms with van der Waals surface area (Å²) in [6.45, 7) is 0. The molecule has 6 heterocycles. The smallest absolute Gasteiger partial charge is 0.156 e. The van der Waals surface area contributed by atoms with Crippen molar-refractivity contribution < 1.29 is 4.40 Å². The first-order valence-corrected chi connectivity index (χ1v) is 7.79. The minimum Gasteiger partial charge on any atom is -0.325 e. The van der Waals surface area contributed by atoms with Crippen molar-refractivity contribution in [2.75, 3.05) is 0 Å². The van der Waals surface area contributed by atoms with Gasteiger partial charge in [-0.25, -0.2) is 24.9 Å². The lowest BCUT2D eigenvalue weighted by Gasteiger charge is -1.99. The number of nitrogens with zero attached hydrogens (tertiary/aromatic N) is 7. The predicted octanol–water partition coefficient (Wildman–Crippen LogP) is 1.35. The van der Waals surface area contributed by atoms with Gasteiger partial charge in [0.05, 0.1) is 6.33 Å². The van der Waals surface area contributed by atoms with Crippen LogP contribution in [0.25, 0.3) is 46.9 Å². The van der Waals surface area contributed by atoms with Crippen LogP contribution in [-0.2, 0) is 0 Å². The molecular formula is C17H10N8. The van der Waals surface area contributed by atoms with Crippen LogP contribution in [0.15, 0.2) is 30.6 Å². The summed E-state index contributed by atoms with van der Waals surface area (Å²) < 4.78 is 3.84. The van der Waals surface area contributed by atoms with Gasteiger partial charge in [-0.1, -0.05) is 0 Å². The average molecular weight is 326 g/mol. The molecule has 8 nitrogen and oxygen atoms in total. The van der Waals surface area contributed by atoms with Crippen LogP contribution in [-0.4, -0.2) is 29.3 Å². The molecule has 2 aliphatic heterocycles. The number of hydrogen-bond acceptors (Lipinski definition) is 4. The molecule has 0 saturated carbocycles. The van der Waals surface area contributed by atoms with Crippen LogP contribution < -0.4 is 9.38 Å². The predicted molar refractivity (Wildman–Crippen MR) is 91.2 cm³/mol. The van der Waals surface area contributed by atoms with Crippen LogP contribution in [0.3, 0.4) is 0 Å². The molecule has 25 heavy (non-hydrogen) atoms. The number of aromatic amines is 1. The Bertz CT molecular complexity index is 1250. The van der Waals surface area contributed by atoms with E-state index in [1.807, 2.05) is 63.7 Å². The van der Waals surface area contributed by atoms with E-state index in [1.165, 1.54) is 0 Å². The van der Waals surface area contributed by atoms with Gasteiger partial charge in [-0.05, 0) is 48.6 Å². The van der Waals surface area contributed by atoms with E-state index in [0.717, 1.165) is 22.6 Å². The Labute approximate surface area is 140 Å². The minimum atomic E-state index is 0.629. The Morgan fingerprint density at radius 1 is 0.840 bits per heavy atom. The summed E-state index contributed by atoms with van der Waals surface area (Å²) in [4.78, 5) is 26.0. The fourth-order valence-corrected chi connectivity index (χ4v) is 3.02. The standard InChI is InChI=1S/C17H10N8/c1-3-12-19-10(1)18-11-2-4-13(20-11)22-15-6-8-17-23-16-7-5-14(21-12)24(16)9-25(15)17/h1-9H,(H,18,19,20,21,22). The molecule has 4 aromatic heterocycles. The van der Waals surface area contributed by atoms with Crippen molar-refractivity contribution in [3.05, 3.63) is 53.9 Å². The molecule has 2 aliphatic rings. The molecule has 0 amide bonds. The van der Waals surface area contributed by atoms with Gasteiger partial charge in [0.25, 0.3) is 0 Å². The third-order valence-electron chi connectivity index (χ3n) is 4.18. The zero-order valence-corrected chi connectivity index (χ0v) is 12.8. The molecule has 4 aromatic rings. The quantitative estimate of drug-likeness (QED) is 0.426. The molecule has 0 radical (unpaired) electrons. The highest BCUT2D eigenvalue weighted by atomic mass is 15.2. The monoisotopic (exact) mass is 326 g/mol. The third kappa shape index (κ3) is 1.84. The molecular weight excluding hydrogens is 316 g/mol. The van der Waals surface area contributed by atoms with E-state index >= 15 is 0 Å². The molecule has 0 fully saturated rings. The molecule has 0 spiro atoms. The maximum atomic E-state index is 4.66. The Morgan fingerprint density at radius 2 is 1.64 bits per heavy atom. The largest absolute Gasteiger partial charge is 0.325 e. The molecule has 1 N–H and O–H groups in total. The van der Waals surface area contributed by atoms with Crippen molar-refractivity contribution in [1.82, 2.24) is 34.3 Å². The first-order valence-electron chi connectivity index (χ1n) is 7.79. The minimum absolute atomic E-state index is 0.629. The van der Waals surface area contributed by atoms with Crippen molar-refractivity contribution in [2.24, 2.45) is 0 Å². The molecule has 8 heteroatoms. The molecule has 0 saturated heterocycles. The summed E-state index contributed by atoms with van der Waals surface area (Å²) in [5.41, 5.74) is 3.16. The SMILES string of the molecule is C1=Cc2nc1nc1ccc3[n-]c4ccc(nc5nc([nH]2)C=C5)[n+]4cn13. The summed E-state index contributed by atoms with van der Waals surface area (Å²) in [6.07, 6.45) is 9.41. The van der Waals surface area contributed by atoms with E-state index in [1.54, 1.807) is 0 Å².